The summed E-state index contributed by atoms with van der Waals surface area (Å²) in [6.07, 6.45) is 0.830. The first-order valence-corrected chi connectivity index (χ1v) is 9.71. The van der Waals surface area contributed by atoms with Crippen molar-refractivity contribution in [1.82, 2.24) is 10.2 Å². The third-order valence-corrected chi connectivity index (χ3v) is 4.53. The number of carbonyl (C=O) groups is 2. The first kappa shape index (κ1) is 21.6. The fraction of sp³-hybridized carbons (Fsp3) is 0.579. The molecule has 6 nitrogen and oxygen atoms in total. The van der Waals surface area contributed by atoms with E-state index in [1.54, 1.807) is 23.1 Å². The van der Waals surface area contributed by atoms with Gasteiger partial charge in [0.2, 0.25) is 0 Å². The van der Waals surface area contributed by atoms with Gasteiger partial charge in [-0.2, -0.15) is 0 Å². The van der Waals surface area contributed by atoms with E-state index >= 15 is 0 Å². The minimum absolute atomic E-state index is 0.124. The molecule has 8 heteroatoms. The van der Waals surface area contributed by atoms with E-state index in [0.717, 1.165) is 18.4 Å². The quantitative estimate of drug-likeness (QED) is 0.759. The predicted molar refractivity (Wildman–Crippen MR) is 105 cm³/mol. The molecule has 0 unspecified atom stereocenters. The Morgan fingerprint density at radius 2 is 1.74 bits per heavy atom. The van der Waals surface area contributed by atoms with Crippen LogP contribution in [0.5, 0.6) is 0 Å². The lowest BCUT2D eigenvalue weighted by molar-refractivity contribution is 0.0501. The van der Waals surface area contributed by atoms with Crippen molar-refractivity contribution < 1.29 is 19.1 Å². The summed E-state index contributed by atoms with van der Waals surface area (Å²) in [6, 6.07) is 5.06. The summed E-state index contributed by atoms with van der Waals surface area (Å²) in [5, 5.41) is 3.80. The Morgan fingerprint density at radius 3 is 2.30 bits per heavy atom. The lowest BCUT2D eigenvalue weighted by Gasteiger charge is -2.31. The summed E-state index contributed by atoms with van der Waals surface area (Å²) >= 11 is 11.9. The molecule has 2 amide bonds. The Morgan fingerprint density at radius 1 is 1.15 bits per heavy atom. The Labute approximate surface area is 170 Å². The van der Waals surface area contributed by atoms with E-state index in [2.05, 4.69) is 5.32 Å². The van der Waals surface area contributed by atoms with Gasteiger partial charge in [-0.05, 0) is 63.3 Å². The predicted octanol–water partition coefficient (Wildman–Crippen LogP) is 4.87. The number of nitrogens with one attached hydrogen (secondary N) is 1. The molecule has 2 rings (SSSR count). The Hall–Kier alpha value is -1.66. The molecular weight excluding hydrogens is 391 g/mol. The Kier molecular flexibility index (Phi) is 7.62. The molecule has 1 aliphatic rings. The zero-order valence-electron chi connectivity index (χ0n) is 15.9. The number of carbonyl (C=O) groups excluding carboxylic acids is 2. The molecule has 0 atom stereocenters. The largest absolute Gasteiger partial charge is 0.445 e. The molecule has 1 aromatic carbocycles. The molecule has 1 aromatic rings. The summed E-state index contributed by atoms with van der Waals surface area (Å²) in [4.78, 5) is 25.6. The second-order valence-electron chi connectivity index (χ2n) is 7.65. The molecule has 0 aromatic heterocycles. The molecule has 150 valence electrons. The lowest BCUT2D eigenvalue weighted by atomic mass is 9.97. The van der Waals surface area contributed by atoms with Crippen LogP contribution in [0.1, 0.15) is 39.2 Å². The molecule has 1 aliphatic heterocycles. The first-order chi connectivity index (χ1) is 12.6. The van der Waals surface area contributed by atoms with Crippen molar-refractivity contribution in [3.63, 3.8) is 0 Å². The van der Waals surface area contributed by atoms with Crippen molar-refractivity contribution in [2.75, 3.05) is 19.6 Å². The number of amides is 2. The van der Waals surface area contributed by atoms with E-state index in [9.17, 15) is 9.59 Å². The van der Waals surface area contributed by atoms with Crippen LogP contribution in [0.3, 0.4) is 0 Å². The van der Waals surface area contributed by atoms with Crippen molar-refractivity contribution in [3.05, 3.63) is 33.8 Å². The van der Waals surface area contributed by atoms with Crippen LogP contribution in [0.4, 0.5) is 9.59 Å². The summed E-state index contributed by atoms with van der Waals surface area (Å²) in [7, 11) is 0. The van der Waals surface area contributed by atoms with Crippen LogP contribution in [-0.2, 0) is 16.1 Å². The van der Waals surface area contributed by atoms with Gasteiger partial charge in [0.1, 0.15) is 12.2 Å². The summed E-state index contributed by atoms with van der Waals surface area (Å²) in [6.45, 7) is 7.33. The average molecular weight is 417 g/mol. The highest BCUT2D eigenvalue weighted by Gasteiger charge is 2.25. The smallest absolute Gasteiger partial charge is 0.410 e. The maximum absolute atomic E-state index is 12.2. The zero-order valence-corrected chi connectivity index (χ0v) is 17.4. The highest BCUT2D eigenvalue weighted by Crippen LogP contribution is 2.21. The molecule has 1 heterocycles. The van der Waals surface area contributed by atoms with Gasteiger partial charge < -0.3 is 19.7 Å². The van der Waals surface area contributed by atoms with Crippen LogP contribution < -0.4 is 5.32 Å². The fourth-order valence-corrected chi connectivity index (χ4v) is 3.36. The van der Waals surface area contributed by atoms with Crippen molar-refractivity contribution in [3.8, 4) is 0 Å². The molecule has 1 fully saturated rings. The maximum Gasteiger partial charge on any atom is 0.410 e. The molecular formula is C19H26Cl2N2O4. The lowest BCUT2D eigenvalue weighted by Crippen LogP contribution is -2.42. The molecule has 0 aliphatic carbocycles. The molecule has 0 radical (unpaired) electrons. The number of rotatable bonds is 4. The van der Waals surface area contributed by atoms with E-state index < -0.39 is 11.7 Å². The topological polar surface area (TPSA) is 67.9 Å². The number of benzene rings is 1. The third-order valence-electron chi connectivity index (χ3n) is 4.09. The molecule has 1 saturated heterocycles. The molecule has 0 bridgehead atoms. The number of halogens is 2. The Balaban J connectivity index is 1.70. The van der Waals surface area contributed by atoms with E-state index in [0.29, 0.717) is 35.6 Å². The maximum atomic E-state index is 12.2. The number of hydrogen-bond acceptors (Lipinski definition) is 4. The molecule has 0 spiro atoms. The van der Waals surface area contributed by atoms with Crippen molar-refractivity contribution in [2.45, 2.75) is 45.8 Å². The number of hydrogen-bond donors (Lipinski definition) is 1. The number of nitrogens with zero attached hydrogens (tertiary/aromatic N) is 1. The SMILES string of the molecule is CC(C)(C)OC(=O)NCC1CCN(C(=O)OCc2cc(Cl)cc(Cl)c2)CC1. The van der Waals surface area contributed by atoms with Gasteiger partial charge in [0.15, 0.2) is 0 Å². The van der Waals surface area contributed by atoms with Gasteiger partial charge in [-0.25, -0.2) is 9.59 Å². The van der Waals surface area contributed by atoms with Gasteiger partial charge in [0, 0.05) is 29.7 Å². The van der Waals surface area contributed by atoms with Gasteiger partial charge in [0.05, 0.1) is 0 Å². The first-order valence-electron chi connectivity index (χ1n) is 8.96. The molecule has 1 N–H and O–H groups in total. The van der Waals surface area contributed by atoms with Crippen LogP contribution in [0.15, 0.2) is 18.2 Å². The number of likely N-dealkylation sites (tertiary alicyclic amines) is 1. The highest BCUT2D eigenvalue weighted by molar-refractivity contribution is 6.34. The number of alkyl carbamates (subject to hydrolysis) is 1. The molecule has 0 saturated carbocycles. The van der Waals surface area contributed by atoms with Crippen LogP contribution in [0, 0.1) is 5.92 Å². The second-order valence-corrected chi connectivity index (χ2v) is 8.52. The van der Waals surface area contributed by atoms with Crippen molar-refractivity contribution in [2.24, 2.45) is 5.92 Å². The van der Waals surface area contributed by atoms with E-state index in [1.165, 1.54) is 0 Å². The van der Waals surface area contributed by atoms with Crippen molar-refractivity contribution >= 4 is 35.4 Å². The highest BCUT2D eigenvalue weighted by atomic mass is 35.5. The Bertz CT molecular complexity index is 648. The number of piperidine rings is 1. The monoisotopic (exact) mass is 416 g/mol. The molecule has 27 heavy (non-hydrogen) atoms. The minimum Gasteiger partial charge on any atom is -0.445 e. The fourth-order valence-electron chi connectivity index (χ4n) is 2.79. The van der Waals surface area contributed by atoms with E-state index in [-0.39, 0.29) is 12.7 Å². The summed E-state index contributed by atoms with van der Waals surface area (Å²) in [5.74, 6) is 0.313. The van der Waals surface area contributed by atoms with Crippen LogP contribution >= 0.6 is 23.2 Å². The summed E-state index contributed by atoms with van der Waals surface area (Å²) in [5.41, 5.74) is 0.238. The second kappa shape index (κ2) is 9.51. The van der Waals surface area contributed by atoms with Gasteiger partial charge in [-0.3, -0.25) is 0 Å². The minimum atomic E-state index is -0.510. The number of ether oxygens (including phenoxy) is 2. The van der Waals surface area contributed by atoms with Gasteiger partial charge in [-0.15, -0.1) is 0 Å². The average Bonchev–Trinajstić information content (AvgIpc) is 2.56. The third kappa shape index (κ3) is 7.85. The van der Waals surface area contributed by atoms with Gasteiger partial charge >= 0.3 is 12.2 Å². The van der Waals surface area contributed by atoms with Crippen molar-refractivity contribution in [1.29, 1.82) is 0 Å². The van der Waals surface area contributed by atoms with E-state index in [1.807, 2.05) is 20.8 Å². The normalized spacial score (nSPS) is 15.4. The van der Waals surface area contributed by atoms with Crippen LogP contribution in [0.25, 0.3) is 0 Å². The van der Waals surface area contributed by atoms with Gasteiger partial charge in [0.25, 0.3) is 0 Å². The van der Waals surface area contributed by atoms with Gasteiger partial charge in [-0.1, -0.05) is 23.2 Å². The standard InChI is InChI=1S/C19H26Cl2N2O4/c1-19(2,3)27-17(24)22-11-13-4-6-23(7-5-13)18(25)26-12-14-8-15(20)10-16(21)9-14/h8-10,13H,4-7,11-12H2,1-3H3,(H,22,24). The van der Waals surface area contributed by atoms with Crippen LogP contribution in [0.2, 0.25) is 10.0 Å². The summed E-state index contributed by atoms with van der Waals surface area (Å²) < 4.78 is 10.6. The zero-order chi connectivity index (χ0) is 20.0. The van der Waals surface area contributed by atoms with Crippen LogP contribution in [-0.4, -0.2) is 42.3 Å². The van der Waals surface area contributed by atoms with E-state index in [4.69, 9.17) is 32.7 Å².